The van der Waals surface area contributed by atoms with E-state index in [2.05, 4.69) is 20.1 Å². The fraction of sp³-hybridized carbons (Fsp3) is 0.273. The molecule has 0 spiro atoms. The molecule has 0 aromatic carbocycles. The topological polar surface area (TPSA) is 87.4 Å². The summed E-state index contributed by atoms with van der Waals surface area (Å²) < 4.78 is 3.69. The SMILES string of the molecule is Cc1nn(C)c2c1nc(N)n2Cc1ccncn1. The van der Waals surface area contributed by atoms with Crippen LogP contribution in [0.5, 0.6) is 0 Å². The molecule has 0 radical (unpaired) electrons. The van der Waals surface area contributed by atoms with Crippen LogP contribution < -0.4 is 5.73 Å². The maximum atomic E-state index is 5.95. The number of nitrogen functional groups attached to an aromatic ring is 1. The summed E-state index contributed by atoms with van der Waals surface area (Å²) in [4.78, 5) is 12.4. The predicted octanol–water partition coefficient (Wildman–Crippen LogP) is 0.499. The standard InChI is InChI=1S/C11H13N7/c1-7-9-10(17(2)16-7)18(11(12)15-9)5-8-3-4-13-6-14-8/h3-4,6H,5H2,1-2H3,(H2,12,15). The van der Waals surface area contributed by atoms with Crippen molar-refractivity contribution in [2.75, 3.05) is 5.73 Å². The van der Waals surface area contributed by atoms with Gasteiger partial charge < -0.3 is 5.73 Å². The summed E-state index contributed by atoms with van der Waals surface area (Å²) in [5.41, 5.74) is 9.45. The minimum absolute atomic E-state index is 0.472. The summed E-state index contributed by atoms with van der Waals surface area (Å²) in [6, 6.07) is 1.86. The van der Waals surface area contributed by atoms with E-state index in [1.54, 1.807) is 10.9 Å². The van der Waals surface area contributed by atoms with Gasteiger partial charge in [0.15, 0.2) is 5.65 Å². The number of hydrogen-bond donors (Lipinski definition) is 1. The van der Waals surface area contributed by atoms with Crippen LogP contribution in [-0.2, 0) is 13.6 Å². The number of aromatic nitrogens is 6. The molecule has 0 bridgehead atoms. The first-order valence-electron chi connectivity index (χ1n) is 5.57. The van der Waals surface area contributed by atoms with E-state index in [0.717, 1.165) is 22.6 Å². The number of nitrogens with two attached hydrogens (primary N) is 1. The summed E-state index contributed by atoms with van der Waals surface area (Å²) >= 11 is 0. The third kappa shape index (κ3) is 1.52. The normalized spacial score (nSPS) is 11.2. The fourth-order valence-electron chi connectivity index (χ4n) is 2.08. The molecule has 3 heterocycles. The predicted molar refractivity (Wildman–Crippen MR) is 66.8 cm³/mol. The van der Waals surface area contributed by atoms with Crippen LogP contribution >= 0.6 is 0 Å². The Labute approximate surface area is 103 Å². The molecule has 92 valence electrons. The molecule has 0 saturated carbocycles. The molecule has 18 heavy (non-hydrogen) atoms. The second kappa shape index (κ2) is 3.80. The number of rotatable bonds is 2. The number of hydrogen-bond acceptors (Lipinski definition) is 5. The van der Waals surface area contributed by atoms with Crippen molar-refractivity contribution >= 4 is 17.1 Å². The van der Waals surface area contributed by atoms with Gasteiger partial charge in [-0.05, 0) is 13.0 Å². The van der Waals surface area contributed by atoms with E-state index in [-0.39, 0.29) is 0 Å². The van der Waals surface area contributed by atoms with Crippen molar-refractivity contribution in [1.82, 2.24) is 29.3 Å². The first-order valence-corrected chi connectivity index (χ1v) is 5.57. The van der Waals surface area contributed by atoms with Crippen LogP contribution in [0.15, 0.2) is 18.6 Å². The lowest BCUT2D eigenvalue weighted by atomic mass is 10.4. The molecule has 3 aromatic rings. The summed E-state index contributed by atoms with van der Waals surface area (Å²) in [7, 11) is 1.88. The highest BCUT2D eigenvalue weighted by Crippen LogP contribution is 2.20. The minimum Gasteiger partial charge on any atom is -0.369 e. The van der Waals surface area contributed by atoms with E-state index in [4.69, 9.17) is 5.73 Å². The van der Waals surface area contributed by atoms with Crippen LogP contribution in [0, 0.1) is 6.92 Å². The fourth-order valence-corrected chi connectivity index (χ4v) is 2.08. The molecule has 2 N–H and O–H groups in total. The van der Waals surface area contributed by atoms with E-state index in [1.165, 1.54) is 6.33 Å². The second-order valence-corrected chi connectivity index (χ2v) is 4.14. The van der Waals surface area contributed by atoms with E-state index >= 15 is 0 Å². The molecule has 0 atom stereocenters. The first-order chi connectivity index (χ1) is 8.66. The summed E-state index contributed by atoms with van der Waals surface area (Å²) in [5, 5.41) is 4.34. The Morgan fingerprint density at radius 1 is 1.39 bits per heavy atom. The molecule has 3 rings (SSSR count). The van der Waals surface area contributed by atoms with E-state index in [0.29, 0.717) is 12.5 Å². The average Bonchev–Trinajstić information content (AvgIpc) is 2.81. The van der Waals surface area contributed by atoms with Crippen molar-refractivity contribution in [2.45, 2.75) is 13.5 Å². The van der Waals surface area contributed by atoms with Gasteiger partial charge in [-0.15, -0.1) is 0 Å². The van der Waals surface area contributed by atoms with Gasteiger partial charge in [-0.2, -0.15) is 5.10 Å². The minimum atomic E-state index is 0.472. The third-order valence-electron chi connectivity index (χ3n) is 2.88. The van der Waals surface area contributed by atoms with Gasteiger partial charge in [-0.1, -0.05) is 0 Å². The van der Waals surface area contributed by atoms with Crippen LogP contribution in [0.3, 0.4) is 0 Å². The highest BCUT2D eigenvalue weighted by atomic mass is 15.3. The van der Waals surface area contributed by atoms with Gasteiger partial charge in [0.2, 0.25) is 5.95 Å². The molecule has 7 heteroatoms. The highest BCUT2D eigenvalue weighted by Gasteiger charge is 2.15. The zero-order valence-electron chi connectivity index (χ0n) is 10.2. The maximum Gasteiger partial charge on any atom is 0.202 e. The van der Waals surface area contributed by atoms with Crippen molar-refractivity contribution in [2.24, 2.45) is 7.05 Å². The largest absolute Gasteiger partial charge is 0.369 e. The first kappa shape index (κ1) is 10.7. The Bertz CT molecular complexity index is 695. The van der Waals surface area contributed by atoms with Gasteiger partial charge in [0, 0.05) is 13.2 Å². The van der Waals surface area contributed by atoms with E-state index < -0.39 is 0 Å². The van der Waals surface area contributed by atoms with Crippen LogP contribution in [0.1, 0.15) is 11.4 Å². The van der Waals surface area contributed by atoms with Crippen LogP contribution in [0.2, 0.25) is 0 Å². The van der Waals surface area contributed by atoms with Crippen LogP contribution in [0.4, 0.5) is 5.95 Å². The third-order valence-corrected chi connectivity index (χ3v) is 2.88. The summed E-state index contributed by atoms with van der Waals surface area (Å²) in [6.45, 7) is 2.48. The van der Waals surface area contributed by atoms with Gasteiger partial charge in [0.1, 0.15) is 11.8 Å². The Balaban J connectivity index is 2.14. The zero-order chi connectivity index (χ0) is 12.7. The van der Waals surface area contributed by atoms with Crippen LogP contribution in [0.25, 0.3) is 11.2 Å². The van der Waals surface area contributed by atoms with E-state index in [9.17, 15) is 0 Å². The molecule has 0 unspecified atom stereocenters. The summed E-state index contributed by atoms with van der Waals surface area (Å²) in [6.07, 6.45) is 3.23. The van der Waals surface area contributed by atoms with Crippen molar-refractivity contribution in [3.05, 3.63) is 30.0 Å². The van der Waals surface area contributed by atoms with Gasteiger partial charge in [0.05, 0.1) is 17.9 Å². The molecular formula is C11H13N7. The molecule has 0 fully saturated rings. The quantitative estimate of drug-likeness (QED) is 0.708. The number of fused-ring (bicyclic) bond motifs is 1. The molecule has 3 aromatic heterocycles. The van der Waals surface area contributed by atoms with E-state index in [1.807, 2.05) is 24.6 Å². The van der Waals surface area contributed by atoms with Gasteiger partial charge in [0.25, 0.3) is 0 Å². The molecule has 0 aliphatic rings. The van der Waals surface area contributed by atoms with Gasteiger partial charge in [-0.3, -0.25) is 9.25 Å². The lowest BCUT2D eigenvalue weighted by Crippen LogP contribution is -2.09. The number of imidazole rings is 1. The molecular weight excluding hydrogens is 230 g/mol. The van der Waals surface area contributed by atoms with Crippen molar-refractivity contribution in [1.29, 1.82) is 0 Å². The smallest absolute Gasteiger partial charge is 0.202 e. The summed E-state index contributed by atoms with van der Waals surface area (Å²) in [5.74, 6) is 0.472. The Hall–Kier alpha value is -2.44. The molecule has 0 amide bonds. The molecule has 0 saturated heterocycles. The molecule has 7 nitrogen and oxygen atoms in total. The number of aryl methyl sites for hydroxylation is 2. The lowest BCUT2D eigenvalue weighted by molar-refractivity contribution is 0.717. The lowest BCUT2D eigenvalue weighted by Gasteiger charge is -2.05. The van der Waals surface area contributed by atoms with Gasteiger partial charge >= 0.3 is 0 Å². The Kier molecular flexibility index (Phi) is 2.26. The molecule has 0 aliphatic heterocycles. The molecule has 0 aliphatic carbocycles. The Morgan fingerprint density at radius 3 is 2.94 bits per heavy atom. The van der Waals surface area contributed by atoms with Crippen molar-refractivity contribution < 1.29 is 0 Å². The Morgan fingerprint density at radius 2 is 2.22 bits per heavy atom. The highest BCUT2D eigenvalue weighted by molar-refractivity contribution is 5.77. The number of nitrogens with zero attached hydrogens (tertiary/aromatic N) is 6. The van der Waals surface area contributed by atoms with Crippen molar-refractivity contribution in [3.8, 4) is 0 Å². The average molecular weight is 243 g/mol. The van der Waals surface area contributed by atoms with Crippen molar-refractivity contribution in [3.63, 3.8) is 0 Å². The van der Waals surface area contributed by atoms with Crippen LogP contribution in [-0.4, -0.2) is 29.3 Å². The van der Waals surface area contributed by atoms with Gasteiger partial charge in [-0.25, -0.2) is 15.0 Å². The number of anilines is 1. The monoisotopic (exact) mass is 243 g/mol. The second-order valence-electron chi connectivity index (χ2n) is 4.14. The maximum absolute atomic E-state index is 5.95. The zero-order valence-corrected chi connectivity index (χ0v) is 10.2.